The summed E-state index contributed by atoms with van der Waals surface area (Å²) in [6.07, 6.45) is 0. The Hall–Kier alpha value is -1.64. The van der Waals surface area contributed by atoms with Crippen molar-refractivity contribution in [3.05, 3.63) is 64.2 Å². The van der Waals surface area contributed by atoms with Crippen molar-refractivity contribution in [3.8, 4) is 0 Å². The van der Waals surface area contributed by atoms with Gasteiger partial charge in [0.15, 0.2) is 0 Å². The van der Waals surface area contributed by atoms with Crippen molar-refractivity contribution in [2.24, 2.45) is 5.73 Å². The molecular weight excluding hydrogens is 409 g/mol. The molecule has 1 aliphatic heterocycles. The van der Waals surface area contributed by atoms with Crippen LogP contribution in [0.3, 0.4) is 0 Å². The third-order valence-corrected chi connectivity index (χ3v) is 6.79. The first-order valence-corrected chi connectivity index (χ1v) is 10.0. The second-order valence-corrected chi connectivity index (χ2v) is 8.50. The second kappa shape index (κ2) is 8.58. The molecular formula is C18H21Cl2N3O3S. The van der Waals surface area contributed by atoms with Crippen LogP contribution in [0, 0.1) is 6.92 Å². The molecule has 1 atom stereocenters. The molecule has 3 rings (SSSR count). The zero-order valence-corrected chi connectivity index (χ0v) is 17.1. The molecule has 1 saturated heterocycles. The van der Waals surface area contributed by atoms with Gasteiger partial charge in [0.25, 0.3) is 0 Å². The summed E-state index contributed by atoms with van der Waals surface area (Å²) in [5, 5.41) is 3.73. The number of hydrogen-bond donors (Lipinski definition) is 2. The van der Waals surface area contributed by atoms with Gasteiger partial charge in [-0.3, -0.25) is 4.79 Å². The first-order chi connectivity index (χ1) is 12.3. The van der Waals surface area contributed by atoms with Crippen molar-refractivity contribution in [1.82, 2.24) is 9.62 Å². The van der Waals surface area contributed by atoms with E-state index in [9.17, 15) is 13.2 Å². The Bertz CT molecular complexity index is 951. The molecule has 0 spiro atoms. The second-order valence-electron chi connectivity index (χ2n) is 6.20. The standard InChI is InChI=1S/C18H20ClN3O3S.ClH/c1-12-6-7-13(10-15(12)18(20)23)26(24,25)22-9-8-21-11-17(22)14-4-2-3-5-16(14)19;/h2-7,10,17,21H,8-9,11H2,1H3,(H2,20,23);1H. The number of halogens is 2. The van der Waals surface area contributed by atoms with Crippen LogP contribution in [0.1, 0.15) is 27.5 Å². The minimum atomic E-state index is -3.82. The molecule has 1 fully saturated rings. The monoisotopic (exact) mass is 429 g/mol. The fraction of sp³-hybridized carbons (Fsp3) is 0.278. The predicted octanol–water partition coefficient (Wildman–Crippen LogP) is 2.50. The smallest absolute Gasteiger partial charge is 0.249 e. The predicted molar refractivity (Wildman–Crippen MR) is 108 cm³/mol. The molecule has 0 aliphatic carbocycles. The maximum Gasteiger partial charge on any atom is 0.249 e. The van der Waals surface area contributed by atoms with Crippen LogP contribution in [0.5, 0.6) is 0 Å². The zero-order chi connectivity index (χ0) is 18.9. The first kappa shape index (κ1) is 21.7. The summed E-state index contributed by atoms with van der Waals surface area (Å²) >= 11 is 6.30. The number of sulfonamides is 1. The minimum absolute atomic E-state index is 0. The highest BCUT2D eigenvalue weighted by atomic mass is 35.5. The first-order valence-electron chi connectivity index (χ1n) is 8.20. The lowest BCUT2D eigenvalue weighted by atomic mass is 10.1. The Morgan fingerprint density at radius 2 is 1.96 bits per heavy atom. The molecule has 1 aliphatic rings. The van der Waals surface area contributed by atoms with Crippen molar-refractivity contribution in [2.45, 2.75) is 17.9 Å². The van der Waals surface area contributed by atoms with Gasteiger partial charge in [-0.15, -0.1) is 12.4 Å². The van der Waals surface area contributed by atoms with Crippen LogP contribution in [-0.4, -0.2) is 38.3 Å². The van der Waals surface area contributed by atoms with Gasteiger partial charge in [0, 0.05) is 30.2 Å². The third kappa shape index (κ3) is 4.28. The largest absolute Gasteiger partial charge is 0.366 e. The Morgan fingerprint density at radius 1 is 1.26 bits per heavy atom. The van der Waals surface area contributed by atoms with Crippen LogP contribution >= 0.6 is 24.0 Å². The molecule has 1 amide bonds. The molecule has 146 valence electrons. The lowest BCUT2D eigenvalue weighted by molar-refractivity contribution is 0.0999. The molecule has 1 unspecified atom stereocenters. The number of piperazine rings is 1. The highest BCUT2D eigenvalue weighted by Gasteiger charge is 2.35. The number of carbonyl (C=O) groups is 1. The summed E-state index contributed by atoms with van der Waals surface area (Å²) in [5.41, 5.74) is 6.95. The van der Waals surface area contributed by atoms with Crippen molar-refractivity contribution in [1.29, 1.82) is 0 Å². The third-order valence-electron chi connectivity index (χ3n) is 4.54. The summed E-state index contributed by atoms with van der Waals surface area (Å²) in [7, 11) is -3.82. The number of primary amides is 1. The average Bonchev–Trinajstić information content (AvgIpc) is 2.62. The Balaban J connectivity index is 0.00000261. The molecule has 0 radical (unpaired) electrons. The van der Waals surface area contributed by atoms with Crippen LogP contribution in [0.4, 0.5) is 0 Å². The van der Waals surface area contributed by atoms with Gasteiger partial charge in [-0.05, 0) is 36.2 Å². The van der Waals surface area contributed by atoms with E-state index < -0.39 is 22.0 Å². The molecule has 0 bridgehead atoms. The Kier molecular flexibility index (Phi) is 6.88. The van der Waals surface area contributed by atoms with E-state index in [1.54, 1.807) is 25.1 Å². The summed E-state index contributed by atoms with van der Waals surface area (Å²) in [4.78, 5) is 11.6. The lowest BCUT2D eigenvalue weighted by Crippen LogP contribution is -2.48. The van der Waals surface area contributed by atoms with Crippen molar-refractivity contribution >= 4 is 39.9 Å². The van der Waals surface area contributed by atoms with Gasteiger partial charge >= 0.3 is 0 Å². The maximum absolute atomic E-state index is 13.3. The van der Waals surface area contributed by atoms with E-state index in [4.69, 9.17) is 17.3 Å². The molecule has 0 saturated carbocycles. The van der Waals surface area contributed by atoms with Gasteiger partial charge < -0.3 is 11.1 Å². The van der Waals surface area contributed by atoms with E-state index >= 15 is 0 Å². The lowest BCUT2D eigenvalue weighted by Gasteiger charge is -2.36. The van der Waals surface area contributed by atoms with Crippen LogP contribution in [0.2, 0.25) is 5.02 Å². The normalized spacial score (nSPS) is 17.9. The van der Waals surface area contributed by atoms with Gasteiger partial charge in [0.05, 0.1) is 10.9 Å². The van der Waals surface area contributed by atoms with E-state index in [-0.39, 0.29) is 22.9 Å². The van der Waals surface area contributed by atoms with Gasteiger partial charge in [-0.1, -0.05) is 35.9 Å². The molecule has 2 aromatic carbocycles. The van der Waals surface area contributed by atoms with E-state index in [0.29, 0.717) is 30.2 Å². The number of nitrogens with zero attached hydrogens (tertiary/aromatic N) is 1. The molecule has 3 N–H and O–H groups in total. The highest BCUT2D eigenvalue weighted by Crippen LogP contribution is 2.33. The fourth-order valence-corrected chi connectivity index (χ4v) is 5.04. The van der Waals surface area contributed by atoms with Crippen LogP contribution in [-0.2, 0) is 10.0 Å². The van der Waals surface area contributed by atoms with Gasteiger partial charge in [-0.25, -0.2) is 8.42 Å². The van der Waals surface area contributed by atoms with Crippen LogP contribution < -0.4 is 11.1 Å². The van der Waals surface area contributed by atoms with E-state index in [1.165, 1.54) is 16.4 Å². The maximum atomic E-state index is 13.3. The molecule has 6 nitrogen and oxygen atoms in total. The number of nitrogens with two attached hydrogens (primary N) is 1. The summed E-state index contributed by atoms with van der Waals surface area (Å²) in [5.74, 6) is -0.650. The highest BCUT2D eigenvalue weighted by molar-refractivity contribution is 7.89. The molecule has 1 heterocycles. The average molecular weight is 430 g/mol. The zero-order valence-electron chi connectivity index (χ0n) is 14.7. The number of nitrogens with one attached hydrogen (secondary N) is 1. The van der Waals surface area contributed by atoms with Gasteiger partial charge in [-0.2, -0.15) is 4.31 Å². The molecule has 9 heteroatoms. The summed E-state index contributed by atoms with van der Waals surface area (Å²) in [6, 6.07) is 11.2. The van der Waals surface area contributed by atoms with Crippen molar-refractivity contribution < 1.29 is 13.2 Å². The van der Waals surface area contributed by atoms with E-state index in [1.807, 2.05) is 12.1 Å². The number of rotatable bonds is 4. The van der Waals surface area contributed by atoms with Gasteiger partial charge in [0.1, 0.15) is 0 Å². The molecule has 2 aromatic rings. The van der Waals surface area contributed by atoms with E-state index in [0.717, 1.165) is 5.56 Å². The van der Waals surface area contributed by atoms with Crippen molar-refractivity contribution in [3.63, 3.8) is 0 Å². The molecule has 27 heavy (non-hydrogen) atoms. The Labute approximate surface area is 170 Å². The minimum Gasteiger partial charge on any atom is -0.366 e. The summed E-state index contributed by atoms with van der Waals surface area (Å²) < 4.78 is 28.0. The number of amides is 1. The Morgan fingerprint density at radius 3 is 2.63 bits per heavy atom. The number of hydrogen-bond acceptors (Lipinski definition) is 4. The van der Waals surface area contributed by atoms with Gasteiger partial charge in [0.2, 0.25) is 15.9 Å². The topological polar surface area (TPSA) is 92.5 Å². The van der Waals surface area contributed by atoms with Crippen LogP contribution in [0.25, 0.3) is 0 Å². The summed E-state index contributed by atoms with van der Waals surface area (Å²) in [6.45, 7) is 3.01. The van der Waals surface area contributed by atoms with E-state index in [2.05, 4.69) is 5.32 Å². The molecule has 0 aromatic heterocycles. The van der Waals surface area contributed by atoms with Crippen molar-refractivity contribution in [2.75, 3.05) is 19.6 Å². The number of benzene rings is 2. The van der Waals surface area contributed by atoms with Crippen LogP contribution in [0.15, 0.2) is 47.4 Å². The fourth-order valence-electron chi connectivity index (χ4n) is 3.15. The quantitative estimate of drug-likeness (QED) is 0.780. The number of carbonyl (C=O) groups excluding carboxylic acids is 1. The number of aryl methyl sites for hydroxylation is 1. The SMILES string of the molecule is Cc1ccc(S(=O)(=O)N2CCNCC2c2ccccc2Cl)cc1C(N)=O.Cl.